The molecule has 19 heavy (non-hydrogen) atoms. The minimum absolute atomic E-state index is 0.0775. The van der Waals surface area contributed by atoms with E-state index in [9.17, 15) is 8.78 Å². The maximum atomic E-state index is 13.7. The average Bonchev–Trinajstić information content (AvgIpc) is 2.72. The van der Waals surface area contributed by atoms with Crippen LogP contribution in [0.5, 0.6) is 0 Å². The number of imidazole rings is 1. The van der Waals surface area contributed by atoms with Crippen LogP contribution in [0.2, 0.25) is 0 Å². The summed E-state index contributed by atoms with van der Waals surface area (Å²) in [6.07, 6.45) is 0. The normalized spacial score (nSPS) is 11.1. The molecule has 0 fully saturated rings. The van der Waals surface area contributed by atoms with Gasteiger partial charge >= 0.3 is 0 Å². The largest absolute Gasteiger partial charge is 0.396 e. The fraction of sp³-hybridized carbons (Fsp3) is 0.0714. The second-order valence-corrected chi connectivity index (χ2v) is 4.34. The molecule has 1 aromatic heterocycles. The van der Waals surface area contributed by atoms with Crippen LogP contribution in [0.25, 0.3) is 22.4 Å². The van der Waals surface area contributed by atoms with Gasteiger partial charge in [0.25, 0.3) is 0 Å². The molecular formula is C14H11F2N3. The van der Waals surface area contributed by atoms with Crippen LogP contribution in [0.1, 0.15) is 0 Å². The highest BCUT2D eigenvalue weighted by Crippen LogP contribution is 2.26. The molecule has 3 rings (SSSR count). The molecule has 96 valence electrons. The number of aromatic nitrogens is 2. The molecule has 0 radical (unpaired) electrons. The number of fused-ring (bicyclic) bond motifs is 1. The van der Waals surface area contributed by atoms with E-state index in [4.69, 9.17) is 5.73 Å². The molecule has 2 aromatic carbocycles. The molecule has 5 heteroatoms. The summed E-state index contributed by atoms with van der Waals surface area (Å²) in [4.78, 5) is 4.23. The summed E-state index contributed by atoms with van der Waals surface area (Å²) in [5.41, 5.74) is 7.01. The molecular weight excluding hydrogens is 248 g/mol. The van der Waals surface area contributed by atoms with E-state index in [1.54, 1.807) is 29.8 Å². The Morgan fingerprint density at radius 2 is 1.89 bits per heavy atom. The first kappa shape index (κ1) is 11.6. The molecule has 0 aliphatic rings. The van der Waals surface area contributed by atoms with E-state index in [0.717, 1.165) is 0 Å². The maximum Gasteiger partial charge on any atom is 0.151 e. The van der Waals surface area contributed by atoms with Crippen LogP contribution in [-0.2, 0) is 7.05 Å². The first-order valence-electron chi connectivity index (χ1n) is 5.74. The van der Waals surface area contributed by atoms with Crippen molar-refractivity contribution in [2.24, 2.45) is 7.05 Å². The second-order valence-electron chi connectivity index (χ2n) is 4.34. The molecule has 2 N–H and O–H groups in total. The quantitative estimate of drug-likeness (QED) is 0.682. The molecule has 0 aliphatic carbocycles. The molecule has 0 saturated heterocycles. The van der Waals surface area contributed by atoms with Crippen molar-refractivity contribution >= 4 is 16.7 Å². The van der Waals surface area contributed by atoms with Crippen LogP contribution in [0.3, 0.4) is 0 Å². The maximum absolute atomic E-state index is 13.7. The van der Waals surface area contributed by atoms with Crippen LogP contribution in [0.15, 0.2) is 36.4 Å². The molecule has 0 amide bonds. The molecule has 0 bridgehead atoms. The van der Waals surface area contributed by atoms with E-state index in [1.807, 2.05) is 0 Å². The number of benzene rings is 2. The topological polar surface area (TPSA) is 43.8 Å². The zero-order valence-corrected chi connectivity index (χ0v) is 10.2. The third kappa shape index (κ3) is 1.74. The van der Waals surface area contributed by atoms with E-state index in [0.29, 0.717) is 16.9 Å². The Labute approximate surface area is 108 Å². The van der Waals surface area contributed by atoms with Gasteiger partial charge in [-0.25, -0.2) is 13.8 Å². The van der Waals surface area contributed by atoms with Gasteiger partial charge in [0.15, 0.2) is 5.82 Å². The van der Waals surface area contributed by atoms with Crippen molar-refractivity contribution in [2.45, 2.75) is 0 Å². The average molecular weight is 259 g/mol. The minimum Gasteiger partial charge on any atom is -0.396 e. The number of nitrogens with two attached hydrogens (primary N) is 1. The Kier molecular flexibility index (Phi) is 2.48. The van der Waals surface area contributed by atoms with Gasteiger partial charge in [-0.3, -0.25) is 0 Å². The van der Waals surface area contributed by atoms with Crippen LogP contribution in [-0.4, -0.2) is 9.55 Å². The molecule has 1 heterocycles. The summed E-state index contributed by atoms with van der Waals surface area (Å²) in [6, 6.07) is 9.17. The van der Waals surface area contributed by atoms with E-state index in [1.165, 1.54) is 18.2 Å². The lowest BCUT2D eigenvalue weighted by Crippen LogP contribution is -1.95. The highest BCUT2D eigenvalue weighted by atomic mass is 19.1. The zero-order chi connectivity index (χ0) is 13.6. The summed E-state index contributed by atoms with van der Waals surface area (Å²) in [5.74, 6) is -0.403. The van der Waals surface area contributed by atoms with Crippen molar-refractivity contribution in [3.05, 3.63) is 48.0 Å². The van der Waals surface area contributed by atoms with Crippen LogP contribution in [0.4, 0.5) is 14.5 Å². The third-order valence-corrected chi connectivity index (χ3v) is 3.12. The molecule has 0 unspecified atom stereocenters. The lowest BCUT2D eigenvalue weighted by atomic mass is 10.2. The van der Waals surface area contributed by atoms with Gasteiger partial charge < -0.3 is 10.3 Å². The van der Waals surface area contributed by atoms with E-state index in [2.05, 4.69) is 4.98 Å². The highest BCUT2D eigenvalue weighted by Gasteiger charge is 2.13. The Morgan fingerprint density at radius 3 is 2.58 bits per heavy atom. The molecule has 0 aliphatic heterocycles. The standard InChI is InChI=1S/C14H11F2N3/c1-19-12-4-2-3-9(15)13(12)18-14(19)8-5-6-11(17)10(16)7-8/h2-7H,17H2,1H3. The van der Waals surface area contributed by atoms with Gasteiger partial charge in [-0.15, -0.1) is 0 Å². The predicted octanol–water partition coefficient (Wildman–Crippen LogP) is 3.10. The fourth-order valence-electron chi connectivity index (χ4n) is 2.10. The number of anilines is 1. The lowest BCUT2D eigenvalue weighted by Gasteiger charge is -2.03. The SMILES string of the molecule is Cn1c(-c2ccc(N)c(F)c2)nc2c(F)cccc21. The number of halogens is 2. The Balaban J connectivity index is 2.28. The zero-order valence-electron chi connectivity index (χ0n) is 10.2. The van der Waals surface area contributed by atoms with Gasteiger partial charge in [-0.05, 0) is 30.3 Å². The van der Waals surface area contributed by atoms with E-state index in [-0.39, 0.29) is 11.2 Å². The number of nitrogens with zero attached hydrogens (tertiary/aromatic N) is 2. The number of aryl methyl sites for hydroxylation is 1. The first-order chi connectivity index (χ1) is 9.08. The Hall–Kier alpha value is -2.43. The van der Waals surface area contributed by atoms with Gasteiger partial charge in [0.2, 0.25) is 0 Å². The monoisotopic (exact) mass is 259 g/mol. The van der Waals surface area contributed by atoms with Gasteiger partial charge in [-0.2, -0.15) is 0 Å². The second kappa shape index (κ2) is 4.05. The number of hydrogen-bond donors (Lipinski definition) is 1. The van der Waals surface area contributed by atoms with Crippen molar-refractivity contribution in [1.29, 1.82) is 0 Å². The summed E-state index contributed by atoms with van der Waals surface area (Å²) in [7, 11) is 1.76. The molecule has 3 nitrogen and oxygen atoms in total. The van der Waals surface area contributed by atoms with Crippen molar-refractivity contribution in [3.63, 3.8) is 0 Å². The molecule has 3 aromatic rings. The fourth-order valence-corrected chi connectivity index (χ4v) is 2.10. The molecule has 0 saturated carbocycles. The summed E-state index contributed by atoms with van der Waals surface area (Å²) < 4.78 is 28.9. The van der Waals surface area contributed by atoms with Crippen molar-refractivity contribution in [2.75, 3.05) is 5.73 Å². The number of nitrogen functional groups attached to an aromatic ring is 1. The van der Waals surface area contributed by atoms with Gasteiger partial charge in [-0.1, -0.05) is 6.07 Å². The number of para-hydroxylation sites is 1. The van der Waals surface area contributed by atoms with Gasteiger partial charge in [0.05, 0.1) is 11.2 Å². The van der Waals surface area contributed by atoms with Crippen LogP contribution in [0, 0.1) is 11.6 Å². The molecule has 0 atom stereocenters. The number of rotatable bonds is 1. The lowest BCUT2D eigenvalue weighted by molar-refractivity contribution is 0.632. The van der Waals surface area contributed by atoms with E-state index < -0.39 is 11.6 Å². The van der Waals surface area contributed by atoms with Gasteiger partial charge in [0, 0.05) is 12.6 Å². The van der Waals surface area contributed by atoms with E-state index >= 15 is 0 Å². The van der Waals surface area contributed by atoms with Crippen molar-refractivity contribution < 1.29 is 8.78 Å². The van der Waals surface area contributed by atoms with Crippen molar-refractivity contribution in [3.8, 4) is 11.4 Å². The third-order valence-electron chi connectivity index (χ3n) is 3.12. The summed E-state index contributed by atoms with van der Waals surface area (Å²) in [6.45, 7) is 0. The Bertz CT molecular complexity index is 778. The number of hydrogen-bond acceptors (Lipinski definition) is 2. The molecule has 0 spiro atoms. The highest BCUT2D eigenvalue weighted by molar-refractivity contribution is 5.81. The first-order valence-corrected chi connectivity index (χ1v) is 5.74. The minimum atomic E-state index is -0.509. The summed E-state index contributed by atoms with van der Waals surface area (Å²) >= 11 is 0. The summed E-state index contributed by atoms with van der Waals surface area (Å²) in [5, 5.41) is 0. The Morgan fingerprint density at radius 1 is 1.11 bits per heavy atom. The van der Waals surface area contributed by atoms with Crippen LogP contribution >= 0.6 is 0 Å². The van der Waals surface area contributed by atoms with Crippen molar-refractivity contribution in [1.82, 2.24) is 9.55 Å². The predicted molar refractivity (Wildman–Crippen MR) is 70.5 cm³/mol. The van der Waals surface area contributed by atoms with Crippen LogP contribution < -0.4 is 5.73 Å². The smallest absolute Gasteiger partial charge is 0.151 e. The van der Waals surface area contributed by atoms with Gasteiger partial charge in [0.1, 0.15) is 17.2 Å².